The number of methoxy groups -OCH3 is 1. The second-order valence-electron chi connectivity index (χ2n) is 3.49. The van der Waals surface area contributed by atoms with Gasteiger partial charge in [-0.25, -0.2) is 13.6 Å². The van der Waals surface area contributed by atoms with Crippen LogP contribution in [-0.4, -0.2) is 37.8 Å². The van der Waals surface area contributed by atoms with E-state index in [4.69, 9.17) is 5.14 Å². The van der Waals surface area contributed by atoms with Crippen LogP contribution < -0.4 is 5.14 Å². The number of aliphatic hydroxyl groups excluding tert-OH is 2. The molecule has 0 spiro atoms. The summed E-state index contributed by atoms with van der Waals surface area (Å²) in [5.41, 5.74) is 0. The van der Waals surface area contributed by atoms with Crippen LogP contribution in [-0.2, 0) is 19.6 Å². The molecule has 1 rings (SSSR count). The molecule has 0 saturated carbocycles. The first-order valence-electron chi connectivity index (χ1n) is 4.81. The van der Waals surface area contributed by atoms with Crippen LogP contribution in [0.4, 0.5) is 0 Å². The van der Waals surface area contributed by atoms with Gasteiger partial charge in [0.05, 0.1) is 19.6 Å². The van der Waals surface area contributed by atoms with Gasteiger partial charge in [0.25, 0.3) is 0 Å². The highest BCUT2D eigenvalue weighted by Gasteiger charge is 2.24. The first kappa shape index (κ1) is 15.1. The number of sulfonamides is 1. The summed E-state index contributed by atoms with van der Waals surface area (Å²) in [5, 5.41) is 24.2. The van der Waals surface area contributed by atoms with Crippen molar-refractivity contribution in [1.29, 1.82) is 0 Å². The number of carbonyl (C=O) groups excluding carboxylic acids is 1. The SMILES string of the molecule is COC(=O)CC(O)C(O)c1ccc(S(N)(=O)=O)s1. The molecule has 0 radical (unpaired) electrons. The topological polar surface area (TPSA) is 127 Å². The third-order valence-electron chi connectivity index (χ3n) is 2.14. The Morgan fingerprint density at radius 2 is 2.11 bits per heavy atom. The van der Waals surface area contributed by atoms with Crippen LogP contribution in [0.3, 0.4) is 0 Å². The lowest BCUT2D eigenvalue weighted by Gasteiger charge is -2.14. The van der Waals surface area contributed by atoms with Crippen LogP contribution in [0.1, 0.15) is 17.4 Å². The van der Waals surface area contributed by atoms with Gasteiger partial charge in [0, 0.05) is 4.88 Å². The number of aliphatic hydroxyl groups is 2. The summed E-state index contributed by atoms with van der Waals surface area (Å²) in [7, 11) is -2.68. The molecule has 0 saturated heterocycles. The number of ether oxygens (including phenoxy) is 1. The number of rotatable bonds is 5. The number of esters is 1. The normalized spacial score (nSPS) is 15.1. The summed E-state index contributed by atoms with van der Waals surface area (Å²) in [6, 6.07) is 2.55. The molecule has 0 aromatic carbocycles. The number of hydrogen-bond donors (Lipinski definition) is 3. The van der Waals surface area contributed by atoms with Crippen molar-refractivity contribution in [3.05, 3.63) is 17.0 Å². The third-order valence-corrected chi connectivity index (χ3v) is 4.74. The number of carbonyl (C=O) groups is 1. The number of primary sulfonamides is 1. The van der Waals surface area contributed by atoms with Gasteiger partial charge in [-0.1, -0.05) is 0 Å². The van der Waals surface area contributed by atoms with Gasteiger partial charge in [0.1, 0.15) is 10.3 Å². The minimum atomic E-state index is -3.83. The molecule has 2 atom stereocenters. The number of hydrogen-bond acceptors (Lipinski definition) is 7. The highest BCUT2D eigenvalue weighted by molar-refractivity contribution is 7.91. The van der Waals surface area contributed by atoms with Gasteiger partial charge in [-0.3, -0.25) is 4.79 Å². The van der Waals surface area contributed by atoms with E-state index >= 15 is 0 Å². The van der Waals surface area contributed by atoms with Crippen LogP contribution in [0.2, 0.25) is 0 Å². The fourth-order valence-corrected chi connectivity index (χ4v) is 2.99. The minimum absolute atomic E-state index is 0.123. The molecule has 0 aliphatic heterocycles. The maximum absolute atomic E-state index is 11.0. The molecule has 0 aliphatic rings. The Hall–Kier alpha value is -1.00. The lowest BCUT2D eigenvalue weighted by atomic mass is 10.1. The highest BCUT2D eigenvalue weighted by atomic mass is 32.2. The Labute approximate surface area is 108 Å². The van der Waals surface area contributed by atoms with Crippen molar-refractivity contribution in [1.82, 2.24) is 0 Å². The molecule has 1 heterocycles. The average Bonchev–Trinajstić information content (AvgIpc) is 2.76. The van der Waals surface area contributed by atoms with Crippen LogP contribution >= 0.6 is 11.3 Å². The summed E-state index contributed by atoms with van der Waals surface area (Å²) in [5.74, 6) is -0.676. The summed E-state index contributed by atoms with van der Waals surface area (Å²) in [6.45, 7) is 0. The van der Waals surface area contributed by atoms with Gasteiger partial charge in [-0.05, 0) is 12.1 Å². The summed E-state index contributed by atoms with van der Waals surface area (Å²) < 4.78 is 26.3. The first-order valence-corrected chi connectivity index (χ1v) is 7.17. The largest absolute Gasteiger partial charge is 0.469 e. The van der Waals surface area contributed by atoms with Crippen molar-refractivity contribution in [2.24, 2.45) is 5.14 Å². The molecule has 2 unspecified atom stereocenters. The van der Waals surface area contributed by atoms with E-state index in [9.17, 15) is 23.4 Å². The second-order valence-corrected chi connectivity index (χ2v) is 6.40. The van der Waals surface area contributed by atoms with E-state index in [0.29, 0.717) is 0 Å². The Morgan fingerprint density at radius 3 is 2.56 bits per heavy atom. The third kappa shape index (κ3) is 3.75. The van der Waals surface area contributed by atoms with E-state index in [1.165, 1.54) is 12.1 Å². The molecular formula is C9H13NO6S2. The van der Waals surface area contributed by atoms with E-state index in [1.807, 2.05) is 0 Å². The molecule has 9 heteroatoms. The van der Waals surface area contributed by atoms with Gasteiger partial charge < -0.3 is 14.9 Å². The molecule has 18 heavy (non-hydrogen) atoms. The quantitative estimate of drug-likeness (QED) is 0.620. The zero-order valence-electron chi connectivity index (χ0n) is 9.44. The first-order chi connectivity index (χ1) is 8.25. The van der Waals surface area contributed by atoms with Gasteiger partial charge in [-0.2, -0.15) is 0 Å². The fraction of sp³-hybridized carbons (Fsp3) is 0.444. The van der Waals surface area contributed by atoms with E-state index < -0.39 is 28.2 Å². The standard InChI is InChI=1S/C9H13NO6S2/c1-16-7(12)4-5(11)9(13)6-2-3-8(17-6)18(10,14)15/h2-3,5,9,11,13H,4H2,1H3,(H2,10,14,15). The van der Waals surface area contributed by atoms with Crippen molar-refractivity contribution < 1.29 is 28.2 Å². The maximum atomic E-state index is 11.0. The molecule has 0 bridgehead atoms. The molecule has 102 valence electrons. The predicted octanol–water partition coefficient (Wildman–Crippen LogP) is -0.647. The smallest absolute Gasteiger partial charge is 0.308 e. The summed E-state index contributed by atoms with van der Waals surface area (Å²) in [4.78, 5) is 11.1. The van der Waals surface area contributed by atoms with Crippen LogP contribution in [0.25, 0.3) is 0 Å². The molecule has 0 aliphatic carbocycles. The van der Waals surface area contributed by atoms with E-state index in [-0.39, 0.29) is 15.5 Å². The van der Waals surface area contributed by atoms with Crippen LogP contribution in [0.15, 0.2) is 16.3 Å². The Kier molecular flexibility index (Phi) is 4.82. The predicted molar refractivity (Wildman–Crippen MR) is 63.3 cm³/mol. The highest BCUT2D eigenvalue weighted by Crippen LogP contribution is 2.28. The molecule has 0 fully saturated rings. The molecule has 1 aromatic rings. The maximum Gasteiger partial charge on any atom is 0.308 e. The lowest BCUT2D eigenvalue weighted by molar-refractivity contribution is -0.144. The van der Waals surface area contributed by atoms with Crippen LogP contribution in [0.5, 0.6) is 0 Å². The second kappa shape index (κ2) is 5.76. The Morgan fingerprint density at radius 1 is 1.50 bits per heavy atom. The van der Waals surface area contributed by atoms with Gasteiger partial charge >= 0.3 is 5.97 Å². The molecule has 1 aromatic heterocycles. The monoisotopic (exact) mass is 295 g/mol. The van der Waals surface area contributed by atoms with Crippen molar-refractivity contribution >= 4 is 27.3 Å². The van der Waals surface area contributed by atoms with Crippen molar-refractivity contribution in [2.45, 2.75) is 22.8 Å². The van der Waals surface area contributed by atoms with Crippen molar-refractivity contribution in [2.75, 3.05) is 7.11 Å². The van der Waals surface area contributed by atoms with Crippen LogP contribution in [0, 0.1) is 0 Å². The molecule has 0 amide bonds. The number of thiophene rings is 1. The Bertz CT molecular complexity index is 523. The van der Waals surface area contributed by atoms with Gasteiger partial charge in [0.15, 0.2) is 0 Å². The molecule has 7 nitrogen and oxygen atoms in total. The minimum Gasteiger partial charge on any atom is -0.469 e. The van der Waals surface area contributed by atoms with Gasteiger partial charge in [0.2, 0.25) is 10.0 Å². The number of nitrogens with two attached hydrogens (primary N) is 1. The molecule has 4 N–H and O–H groups in total. The van der Waals surface area contributed by atoms with E-state index in [1.54, 1.807) is 0 Å². The van der Waals surface area contributed by atoms with Gasteiger partial charge in [-0.15, -0.1) is 11.3 Å². The Balaban J connectivity index is 2.81. The molecular weight excluding hydrogens is 282 g/mol. The average molecular weight is 295 g/mol. The van der Waals surface area contributed by atoms with Crippen molar-refractivity contribution in [3.63, 3.8) is 0 Å². The zero-order chi connectivity index (χ0) is 13.9. The van der Waals surface area contributed by atoms with E-state index in [2.05, 4.69) is 4.74 Å². The fourth-order valence-electron chi connectivity index (χ4n) is 1.20. The lowest BCUT2D eigenvalue weighted by Crippen LogP contribution is -2.21. The zero-order valence-corrected chi connectivity index (χ0v) is 11.1. The van der Waals surface area contributed by atoms with E-state index in [0.717, 1.165) is 18.4 Å². The summed E-state index contributed by atoms with van der Waals surface area (Å²) in [6.07, 6.45) is -3.13. The summed E-state index contributed by atoms with van der Waals surface area (Å²) >= 11 is 0.736. The van der Waals surface area contributed by atoms with Crippen molar-refractivity contribution in [3.8, 4) is 0 Å².